The van der Waals surface area contributed by atoms with Gasteiger partial charge in [0, 0.05) is 17.6 Å². The van der Waals surface area contributed by atoms with Crippen LogP contribution in [0.4, 0.5) is 5.69 Å². The highest BCUT2D eigenvalue weighted by Gasteiger charge is 2.25. The van der Waals surface area contributed by atoms with Crippen molar-refractivity contribution in [1.29, 1.82) is 5.26 Å². The van der Waals surface area contributed by atoms with Gasteiger partial charge in [0.05, 0.1) is 22.2 Å². The van der Waals surface area contributed by atoms with E-state index in [9.17, 15) is 15.4 Å². The van der Waals surface area contributed by atoms with Crippen LogP contribution in [0.2, 0.25) is 0 Å². The maximum absolute atomic E-state index is 11.1. The van der Waals surface area contributed by atoms with E-state index in [4.69, 9.17) is 0 Å². The van der Waals surface area contributed by atoms with Gasteiger partial charge in [-0.05, 0) is 18.2 Å². The molecule has 0 saturated heterocycles. The van der Waals surface area contributed by atoms with Crippen molar-refractivity contribution in [2.24, 2.45) is 0 Å². The van der Waals surface area contributed by atoms with Crippen LogP contribution in [0.5, 0.6) is 0 Å². The smallest absolute Gasteiger partial charge is 0.258 e. The van der Waals surface area contributed by atoms with E-state index in [0.29, 0.717) is 5.69 Å². The molecule has 1 unspecified atom stereocenters. The summed E-state index contributed by atoms with van der Waals surface area (Å²) in [6.45, 7) is 0. The highest BCUT2D eigenvalue weighted by atomic mass is 16.6. The van der Waals surface area contributed by atoms with Crippen molar-refractivity contribution in [1.82, 2.24) is 9.97 Å². The summed E-state index contributed by atoms with van der Waals surface area (Å²) in [7, 11) is 0. The number of nitriles is 1. The molecule has 0 aliphatic heterocycles. The second-order valence-electron chi connectivity index (χ2n) is 4.66. The summed E-state index contributed by atoms with van der Waals surface area (Å²) < 4.78 is 0. The number of para-hydroxylation sites is 1. The first-order valence-electron chi connectivity index (χ1n) is 6.55. The minimum absolute atomic E-state index is 0.109. The minimum Gasteiger partial charge on any atom is -0.258 e. The Morgan fingerprint density at radius 2 is 1.95 bits per heavy atom. The number of fused-ring (bicyclic) bond motifs is 1. The van der Waals surface area contributed by atoms with E-state index in [0.717, 1.165) is 10.9 Å². The van der Waals surface area contributed by atoms with E-state index in [1.54, 1.807) is 6.07 Å². The van der Waals surface area contributed by atoms with E-state index < -0.39 is 10.8 Å². The Kier molecular flexibility index (Phi) is 3.46. The predicted molar refractivity (Wildman–Crippen MR) is 80.1 cm³/mol. The van der Waals surface area contributed by atoms with E-state index in [1.807, 2.05) is 30.3 Å². The lowest BCUT2D eigenvalue weighted by Gasteiger charge is -2.09. The first-order valence-corrected chi connectivity index (χ1v) is 6.55. The molecule has 106 valence electrons. The highest BCUT2D eigenvalue weighted by Crippen LogP contribution is 2.29. The van der Waals surface area contributed by atoms with Gasteiger partial charge >= 0.3 is 0 Å². The van der Waals surface area contributed by atoms with E-state index in [-0.39, 0.29) is 11.4 Å². The van der Waals surface area contributed by atoms with E-state index in [2.05, 4.69) is 16.0 Å². The van der Waals surface area contributed by atoms with Gasteiger partial charge in [-0.15, -0.1) is 0 Å². The van der Waals surface area contributed by atoms with Crippen LogP contribution in [0.25, 0.3) is 10.9 Å². The third-order valence-corrected chi connectivity index (χ3v) is 3.33. The third-order valence-electron chi connectivity index (χ3n) is 3.33. The molecule has 0 saturated carbocycles. The number of hydrogen-bond donors (Lipinski definition) is 0. The van der Waals surface area contributed by atoms with Crippen LogP contribution >= 0.6 is 0 Å². The van der Waals surface area contributed by atoms with Crippen LogP contribution in [-0.4, -0.2) is 14.9 Å². The Bertz CT molecular complexity index is 902. The molecule has 0 spiro atoms. The van der Waals surface area contributed by atoms with Gasteiger partial charge < -0.3 is 0 Å². The number of benzene rings is 1. The lowest BCUT2D eigenvalue weighted by atomic mass is 9.99. The van der Waals surface area contributed by atoms with Crippen molar-refractivity contribution >= 4 is 16.6 Å². The van der Waals surface area contributed by atoms with Gasteiger partial charge in [-0.3, -0.25) is 20.1 Å². The summed E-state index contributed by atoms with van der Waals surface area (Å²) in [6.07, 6.45) is 1.44. The average molecular weight is 290 g/mol. The fourth-order valence-corrected chi connectivity index (χ4v) is 2.30. The maximum Gasteiger partial charge on any atom is 0.292 e. The molecule has 6 nitrogen and oxygen atoms in total. The van der Waals surface area contributed by atoms with Crippen molar-refractivity contribution in [2.45, 2.75) is 5.92 Å². The molecule has 1 atom stereocenters. The third kappa shape index (κ3) is 2.36. The molecule has 6 heteroatoms. The van der Waals surface area contributed by atoms with Crippen LogP contribution in [0.15, 0.2) is 54.7 Å². The number of rotatable bonds is 3. The Balaban J connectivity index is 2.15. The zero-order valence-electron chi connectivity index (χ0n) is 11.4. The van der Waals surface area contributed by atoms with Crippen molar-refractivity contribution < 1.29 is 4.92 Å². The fourth-order valence-electron chi connectivity index (χ4n) is 2.30. The quantitative estimate of drug-likeness (QED) is 0.545. The molecule has 1 aromatic carbocycles. The number of nitro groups is 1. The van der Waals surface area contributed by atoms with Crippen molar-refractivity contribution in [3.63, 3.8) is 0 Å². The molecule has 22 heavy (non-hydrogen) atoms. The Hall–Kier alpha value is -3.33. The second kappa shape index (κ2) is 5.58. The van der Waals surface area contributed by atoms with Gasteiger partial charge in [0.25, 0.3) is 5.69 Å². The average Bonchev–Trinajstić information content (AvgIpc) is 2.56. The molecule has 2 aromatic heterocycles. The molecule has 2 heterocycles. The largest absolute Gasteiger partial charge is 0.292 e. The normalized spacial score (nSPS) is 11.8. The lowest BCUT2D eigenvalue weighted by molar-refractivity contribution is -0.386. The summed E-state index contributed by atoms with van der Waals surface area (Å²) in [6, 6.07) is 15.9. The van der Waals surface area contributed by atoms with Gasteiger partial charge in [0.1, 0.15) is 11.6 Å². The standard InChI is InChI=1S/C16H10N4O2/c17-10-12(16-15(20(21)22)6-3-9-18-16)14-8-7-11-4-1-2-5-13(11)19-14/h1-9,12H. The molecule has 0 amide bonds. The van der Waals surface area contributed by atoms with Crippen LogP contribution in [-0.2, 0) is 0 Å². The second-order valence-corrected chi connectivity index (χ2v) is 4.66. The van der Waals surface area contributed by atoms with E-state index in [1.165, 1.54) is 18.3 Å². The minimum atomic E-state index is -0.883. The maximum atomic E-state index is 11.1. The molecule has 0 N–H and O–H groups in total. The van der Waals surface area contributed by atoms with Gasteiger partial charge in [0.15, 0.2) is 0 Å². The molecule has 0 aliphatic carbocycles. The van der Waals surface area contributed by atoms with E-state index >= 15 is 0 Å². The van der Waals surface area contributed by atoms with Crippen LogP contribution in [0.1, 0.15) is 17.3 Å². The SMILES string of the molecule is N#CC(c1ccc2ccccc2n1)c1ncccc1[N+](=O)[O-]. The fraction of sp³-hybridized carbons (Fsp3) is 0.0625. The lowest BCUT2D eigenvalue weighted by Crippen LogP contribution is -2.07. The summed E-state index contributed by atoms with van der Waals surface area (Å²) in [4.78, 5) is 19.0. The first-order chi connectivity index (χ1) is 10.7. The number of hydrogen-bond acceptors (Lipinski definition) is 5. The summed E-state index contributed by atoms with van der Waals surface area (Å²) in [5.41, 5.74) is 1.11. The molecule has 0 aliphatic rings. The summed E-state index contributed by atoms with van der Waals surface area (Å²) in [5.74, 6) is -0.883. The zero-order chi connectivity index (χ0) is 15.5. The van der Waals surface area contributed by atoms with Gasteiger partial charge in [-0.2, -0.15) is 5.26 Å². The molecule has 0 radical (unpaired) electrons. The van der Waals surface area contributed by atoms with Gasteiger partial charge in [-0.25, -0.2) is 0 Å². The molecule has 3 aromatic rings. The highest BCUT2D eigenvalue weighted by molar-refractivity contribution is 5.78. The number of nitrogens with zero attached hydrogens (tertiary/aromatic N) is 4. The Labute approximate surface area is 125 Å². The van der Waals surface area contributed by atoms with Gasteiger partial charge in [0.2, 0.25) is 0 Å². The van der Waals surface area contributed by atoms with Crippen LogP contribution in [0, 0.1) is 21.4 Å². The number of pyridine rings is 2. The Morgan fingerprint density at radius 1 is 1.14 bits per heavy atom. The van der Waals surface area contributed by atoms with Crippen molar-refractivity contribution in [3.8, 4) is 6.07 Å². The van der Waals surface area contributed by atoms with Gasteiger partial charge in [-0.1, -0.05) is 24.3 Å². The van der Waals surface area contributed by atoms with Crippen molar-refractivity contribution in [2.75, 3.05) is 0 Å². The summed E-state index contributed by atoms with van der Waals surface area (Å²) in [5, 5.41) is 21.5. The molecular weight excluding hydrogens is 280 g/mol. The Morgan fingerprint density at radius 3 is 2.73 bits per heavy atom. The zero-order valence-corrected chi connectivity index (χ0v) is 11.4. The monoisotopic (exact) mass is 290 g/mol. The molecule has 3 rings (SSSR count). The summed E-state index contributed by atoms with van der Waals surface area (Å²) >= 11 is 0. The number of aromatic nitrogens is 2. The van der Waals surface area contributed by atoms with Crippen LogP contribution in [0.3, 0.4) is 0 Å². The predicted octanol–water partition coefficient (Wildman–Crippen LogP) is 3.19. The van der Waals surface area contributed by atoms with Crippen LogP contribution < -0.4 is 0 Å². The topological polar surface area (TPSA) is 92.7 Å². The first kappa shape index (κ1) is 13.6. The molecule has 0 fully saturated rings. The molecular formula is C16H10N4O2. The molecule has 0 bridgehead atoms. The van der Waals surface area contributed by atoms with Crippen molar-refractivity contribution in [3.05, 3.63) is 76.2 Å².